The zero-order valence-corrected chi connectivity index (χ0v) is 9.90. The first-order chi connectivity index (χ1) is 7.72. The van der Waals surface area contributed by atoms with Crippen molar-refractivity contribution in [2.45, 2.75) is 19.4 Å². The van der Waals surface area contributed by atoms with Crippen molar-refractivity contribution in [3.8, 4) is 11.5 Å². The van der Waals surface area contributed by atoms with E-state index >= 15 is 0 Å². The molecule has 0 saturated carbocycles. The lowest BCUT2D eigenvalue weighted by Gasteiger charge is -2.14. The van der Waals surface area contributed by atoms with E-state index in [2.05, 4.69) is 0 Å². The molecule has 1 atom stereocenters. The third kappa shape index (κ3) is 3.12. The Balaban J connectivity index is 2.91. The number of ether oxygens (including phenoxy) is 2. The Morgan fingerprint density at radius 3 is 2.62 bits per heavy atom. The van der Waals surface area contributed by atoms with Gasteiger partial charge in [-0.1, -0.05) is 6.07 Å². The van der Waals surface area contributed by atoms with Gasteiger partial charge in [-0.15, -0.1) is 0 Å². The second-order valence-electron chi connectivity index (χ2n) is 3.53. The predicted octanol–water partition coefficient (Wildman–Crippen LogP) is 1.44. The number of benzene rings is 1. The van der Waals surface area contributed by atoms with Gasteiger partial charge in [0.25, 0.3) is 0 Å². The molecule has 0 aromatic heterocycles. The molecule has 1 rings (SSSR count). The number of hydrogen-bond acceptors (Lipinski definition) is 4. The van der Waals surface area contributed by atoms with E-state index in [4.69, 9.17) is 20.9 Å². The van der Waals surface area contributed by atoms with Crippen molar-refractivity contribution in [3.05, 3.63) is 23.8 Å². The van der Waals surface area contributed by atoms with Crippen molar-refractivity contribution >= 4 is 0 Å². The van der Waals surface area contributed by atoms with Gasteiger partial charge >= 0.3 is 0 Å². The van der Waals surface area contributed by atoms with E-state index in [9.17, 15) is 0 Å². The van der Waals surface area contributed by atoms with E-state index < -0.39 is 0 Å². The van der Waals surface area contributed by atoms with Gasteiger partial charge in [0.15, 0.2) is 11.5 Å². The quantitative estimate of drug-likeness (QED) is 0.767. The van der Waals surface area contributed by atoms with E-state index in [0.29, 0.717) is 13.2 Å². The van der Waals surface area contributed by atoms with E-state index in [-0.39, 0.29) is 6.04 Å². The van der Waals surface area contributed by atoms with Crippen LogP contribution in [-0.2, 0) is 0 Å². The Bertz CT molecular complexity index is 329. The largest absolute Gasteiger partial charge is 0.493 e. The van der Waals surface area contributed by atoms with Crippen LogP contribution in [0.3, 0.4) is 0 Å². The van der Waals surface area contributed by atoms with Gasteiger partial charge in [-0.2, -0.15) is 0 Å². The maximum absolute atomic E-state index is 5.99. The SMILES string of the molecule is CCOc1cc([C@H](N)CCN)ccc1OC. The second-order valence-corrected chi connectivity index (χ2v) is 3.53. The van der Waals surface area contributed by atoms with Crippen molar-refractivity contribution in [3.63, 3.8) is 0 Å². The lowest BCUT2D eigenvalue weighted by Crippen LogP contribution is -2.15. The molecule has 4 nitrogen and oxygen atoms in total. The highest BCUT2D eigenvalue weighted by Gasteiger charge is 2.10. The van der Waals surface area contributed by atoms with Crippen molar-refractivity contribution in [1.82, 2.24) is 0 Å². The average Bonchev–Trinajstić information content (AvgIpc) is 2.29. The van der Waals surface area contributed by atoms with Crippen molar-refractivity contribution in [2.24, 2.45) is 11.5 Å². The van der Waals surface area contributed by atoms with Crippen LogP contribution in [0.2, 0.25) is 0 Å². The summed E-state index contributed by atoms with van der Waals surface area (Å²) >= 11 is 0. The lowest BCUT2D eigenvalue weighted by atomic mass is 10.0. The van der Waals surface area contributed by atoms with Crippen LogP contribution in [0.5, 0.6) is 11.5 Å². The molecule has 0 unspecified atom stereocenters. The molecule has 0 spiro atoms. The van der Waals surface area contributed by atoms with E-state index in [1.165, 1.54) is 0 Å². The smallest absolute Gasteiger partial charge is 0.161 e. The van der Waals surface area contributed by atoms with Gasteiger partial charge in [-0.3, -0.25) is 0 Å². The summed E-state index contributed by atoms with van der Waals surface area (Å²) in [6.45, 7) is 3.12. The van der Waals surface area contributed by atoms with E-state index in [1.807, 2.05) is 25.1 Å². The average molecular weight is 224 g/mol. The number of nitrogens with two attached hydrogens (primary N) is 2. The summed E-state index contributed by atoms with van der Waals surface area (Å²) in [6, 6.07) is 5.69. The monoisotopic (exact) mass is 224 g/mol. The minimum absolute atomic E-state index is 0.0462. The fourth-order valence-electron chi connectivity index (χ4n) is 1.54. The van der Waals surface area contributed by atoms with Crippen LogP contribution in [0.1, 0.15) is 24.9 Å². The molecule has 0 amide bonds. The molecule has 90 valence electrons. The van der Waals surface area contributed by atoms with Crippen LogP contribution >= 0.6 is 0 Å². The van der Waals surface area contributed by atoms with Crippen molar-refractivity contribution < 1.29 is 9.47 Å². The maximum atomic E-state index is 5.99. The highest BCUT2D eigenvalue weighted by atomic mass is 16.5. The molecule has 0 aliphatic rings. The summed E-state index contributed by atoms with van der Waals surface area (Å²) < 4.78 is 10.7. The number of rotatable bonds is 6. The zero-order chi connectivity index (χ0) is 12.0. The molecule has 1 aromatic carbocycles. The topological polar surface area (TPSA) is 70.5 Å². The third-order valence-electron chi connectivity index (χ3n) is 2.39. The van der Waals surface area contributed by atoms with Gasteiger partial charge in [0.2, 0.25) is 0 Å². The molecule has 0 bridgehead atoms. The first-order valence-corrected chi connectivity index (χ1v) is 5.49. The van der Waals surface area contributed by atoms with Crippen LogP contribution in [0.15, 0.2) is 18.2 Å². The van der Waals surface area contributed by atoms with Crippen LogP contribution in [0, 0.1) is 0 Å². The molecule has 1 aromatic rings. The highest BCUT2D eigenvalue weighted by Crippen LogP contribution is 2.30. The number of methoxy groups -OCH3 is 1. The van der Waals surface area contributed by atoms with Crippen molar-refractivity contribution in [2.75, 3.05) is 20.3 Å². The molecular weight excluding hydrogens is 204 g/mol. The molecule has 0 aliphatic carbocycles. The lowest BCUT2D eigenvalue weighted by molar-refractivity contribution is 0.310. The summed E-state index contributed by atoms with van der Waals surface area (Å²) in [5, 5.41) is 0. The fourth-order valence-corrected chi connectivity index (χ4v) is 1.54. The molecule has 0 saturated heterocycles. The minimum Gasteiger partial charge on any atom is -0.493 e. The predicted molar refractivity (Wildman–Crippen MR) is 64.8 cm³/mol. The summed E-state index contributed by atoms with van der Waals surface area (Å²) in [7, 11) is 1.62. The minimum atomic E-state index is -0.0462. The maximum Gasteiger partial charge on any atom is 0.161 e. The van der Waals surface area contributed by atoms with Gasteiger partial charge in [0.1, 0.15) is 0 Å². The van der Waals surface area contributed by atoms with Gasteiger partial charge in [0, 0.05) is 6.04 Å². The Labute approximate surface area is 96.5 Å². The van der Waals surface area contributed by atoms with Crippen LogP contribution in [0.4, 0.5) is 0 Å². The summed E-state index contributed by atoms with van der Waals surface area (Å²) in [5.41, 5.74) is 12.5. The Hall–Kier alpha value is -1.26. The second kappa shape index (κ2) is 6.35. The van der Waals surface area contributed by atoms with Crippen LogP contribution in [-0.4, -0.2) is 20.3 Å². The number of hydrogen-bond donors (Lipinski definition) is 2. The Morgan fingerprint density at radius 1 is 1.31 bits per heavy atom. The highest BCUT2D eigenvalue weighted by molar-refractivity contribution is 5.43. The molecule has 4 N–H and O–H groups in total. The summed E-state index contributed by atoms with van der Waals surface area (Å²) in [4.78, 5) is 0. The van der Waals surface area contributed by atoms with Gasteiger partial charge in [-0.05, 0) is 37.6 Å². The molecule has 16 heavy (non-hydrogen) atoms. The first-order valence-electron chi connectivity index (χ1n) is 5.49. The molecule has 0 aliphatic heterocycles. The Kier molecular flexibility index (Phi) is 5.08. The van der Waals surface area contributed by atoms with E-state index in [0.717, 1.165) is 23.5 Å². The molecule has 4 heteroatoms. The standard InChI is InChI=1S/C12H20N2O2/c1-3-16-12-8-9(10(14)6-7-13)4-5-11(12)15-2/h4-5,8,10H,3,6-7,13-14H2,1-2H3/t10-/m1/s1. The molecule has 0 radical (unpaired) electrons. The first kappa shape index (κ1) is 12.8. The fraction of sp³-hybridized carbons (Fsp3) is 0.500. The van der Waals surface area contributed by atoms with Gasteiger partial charge in [0.05, 0.1) is 13.7 Å². The van der Waals surface area contributed by atoms with Gasteiger partial charge in [-0.25, -0.2) is 0 Å². The van der Waals surface area contributed by atoms with Crippen molar-refractivity contribution in [1.29, 1.82) is 0 Å². The Morgan fingerprint density at radius 2 is 2.06 bits per heavy atom. The summed E-state index contributed by atoms with van der Waals surface area (Å²) in [6.07, 6.45) is 0.762. The normalized spacial score (nSPS) is 12.2. The third-order valence-corrected chi connectivity index (χ3v) is 2.39. The van der Waals surface area contributed by atoms with Gasteiger partial charge < -0.3 is 20.9 Å². The molecular formula is C12H20N2O2. The van der Waals surface area contributed by atoms with E-state index in [1.54, 1.807) is 7.11 Å². The molecule has 0 heterocycles. The molecule has 0 fully saturated rings. The van der Waals surface area contributed by atoms with Crippen LogP contribution < -0.4 is 20.9 Å². The summed E-state index contributed by atoms with van der Waals surface area (Å²) in [5.74, 6) is 1.46. The zero-order valence-electron chi connectivity index (χ0n) is 9.90. The van der Waals surface area contributed by atoms with Crippen LogP contribution in [0.25, 0.3) is 0 Å².